The Hall–Kier alpha value is -1.29. The molecule has 2 N–H and O–H groups in total. The van der Waals surface area contributed by atoms with Crippen molar-refractivity contribution >= 4 is 11.4 Å². The maximum Gasteiger partial charge on any atom is 0.0550 e. The second kappa shape index (κ2) is 6.44. The first-order valence-corrected chi connectivity index (χ1v) is 8.06. The zero-order chi connectivity index (χ0) is 13.8. The minimum Gasteiger partial charge on any atom is -0.384 e. The van der Waals surface area contributed by atoms with Gasteiger partial charge in [-0.05, 0) is 38.3 Å². The Morgan fingerprint density at radius 1 is 1.20 bits per heavy atom. The molecule has 0 saturated carbocycles. The molecule has 4 heteroatoms. The van der Waals surface area contributed by atoms with Crippen LogP contribution in [0.25, 0.3) is 0 Å². The van der Waals surface area contributed by atoms with Crippen molar-refractivity contribution in [3.05, 3.63) is 18.5 Å². The Balaban J connectivity index is 1.62. The molecule has 2 aliphatic rings. The molecule has 2 atom stereocenters. The molecule has 3 rings (SSSR count). The van der Waals surface area contributed by atoms with Gasteiger partial charge in [0.25, 0.3) is 0 Å². The van der Waals surface area contributed by atoms with E-state index in [1.54, 1.807) is 0 Å². The molecule has 2 unspecified atom stereocenters. The van der Waals surface area contributed by atoms with Gasteiger partial charge in [-0.15, -0.1) is 0 Å². The lowest BCUT2D eigenvalue weighted by Gasteiger charge is -2.32. The summed E-state index contributed by atoms with van der Waals surface area (Å²) >= 11 is 0. The quantitative estimate of drug-likeness (QED) is 0.866. The molecule has 2 aliphatic heterocycles. The fourth-order valence-corrected chi connectivity index (χ4v) is 3.51. The molecule has 0 radical (unpaired) electrons. The third kappa shape index (κ3) is 3.06. The van der Waals surface area contributed by atoms with E-state index in [2.05, 4.69) is 33.5 Å². The molecular formula is C16H26N4. The number of aromatic nitrogens is 1. The topological polar surface area (TPSA) is 40.2 Å². The first kappa shape index (κ1) is 13.7. The van der Waals surface area contributed by atoms with E-state index in [0.29, 0.717) is 6.04 Å². The number of fused-ring (bicyclic) bond motifs is 1. The molecular weight excluding hydrogens is 248 g/mol. The summed E-state index contributed by atoms with van der Waals surface area (Å²) in [5.74, 6) is 0. The molecule has 3 heterocycles. The summed E-state index contributed by atoms with van der Waals surface area (Å²) in [6.07, 6.45) is 10.4. The fraction of sp³-hybridized carbons (Fsp3) is 0.688. The molecule has 110 valence electrons. The van der Waals surface area contributed by atoms with Crippen LogP contribution < -0.4 is 10.6 Å². The van der Waals surface area contributed by atoms with Crippen LogP contribution in [-0.2, 0) is 0 Å². The van der Waals surface area contributed by atoms with E-state index in [-0.39, 0.29) is 0 Å². The summed E-state index contributed by atoms with van der Waals surface area (Å²) in [5, 5.41) is 7.12. The summed E-state index contributed by atoms with van der Waals surface area (Å²) in [6.45, 7) is 5.73. The van der Waals surface area contributed by atoms with E-state index in [9.17, 15) is 0 Å². The monoisotopic (exact) mass is 274 g/mol. The average molecular weight is 274 g/mol. The van der Waals surface area contributed by atoms with Crippen molar-refractivity contribution in [1.29, 1.82) is 0 Å². The first-order chi connectivity index (χ1) is 9.86. The minimum absolute atomic E-state index is 0.596. The number of anilines is 2. The molecule has 0 spiro atoms. The van der Waals surface area contributed by atoms with Crippen molar-refractivity contribution in [2.24, 2.45) is 0 Å². The number of nitrogens with one attached hydrogen (secondary N) is 2. The molecule has 0 amide bonds. The van der Waals surface area contributed by atoms with Crippen LogP contribution in [0.1, 0.15) is 39.0 Å². The third-order valence-corrected chi connectivity index (χ3v) is 4.53. The van der Waals surface area contributed by atoms with E-state index < -0.39 is 0 Å². The van der Waals surface area contributed by atoms with Gasteiger partial charge in [0.05, 0.1) is 23.8 Å². The first-order valence-electron chi connectivity index (χ1n) is 8.06. The van der Waals surface area contributed by atoms with Crippen LogP contribution in [0, 0.1) is 0 Å². The highest BCUT2D eigenvalue weighted by molar-refractivity contribution is 5.54. The zero-order valence-corrected chi connectivity index (χ0v) is 12.4. The number of nitrogens with zero attached hydrogens (tertiary/aromatic N) is 2. The number of hydrogen-bond acceptors (Lipinski definition) is 4. The number of piperidine rings is 1. The van der Waals surface area contributed by atoms with E-state index >= 15 is 0 Å². The Morgan fingerprint density at radius 3 is 3.00 bits per heavy atom. The molecule has 0 aromatic carbocycles. The van der Waals surface area contributed by atoms with E-state index in [1.807, 2.05) is 12.4 Å². The van der Waals surface area contributed by atoms with Gasteiger partial charge in [0.1, 0.15) is 0 Å². The van der Waals surface area contributed by atoms with Gasteiger partial charge in [0.2, 0.25) is 0 Å². The summed E-state index contributed by atoms with van der Waals surface area (Å²) in [6, 6.07) is 3.52. The van der Waals surface area contributed by atoms with Gasteiger partial charge in [-0.1, -0.05) is 13.3 Å². The Bertz CT molecular complexity index is 434. The summed E-state index contributed by atoms with van der Waals surface area (Å²) < 4.78 is 0. The van der Waals surface area contributed by atoms with Crippen molar-refractivity contribution in [2.45, 2.75) is 51.1 Å². The normalized spacial score (nSPS) is 26.2. The number of hydrogen-bond donors (Lipinski definition) is 2. The Labute approximate surface area is 122 Å². The van der Waals surface area contributed by atoms with Crippen molar-refractivity contribution in [3.63, 3.8) is 0 Å². The van der Waals surface area contributed by atoms with Crippen LogP contribution in [0.3, 0.4) is 0 Å². The standard InChI is InChI=1S/C16H26N4/c1-2-7-18-13-10-14(12-17-11-13)19-15-6-9-20-8-4-3-5-16(15)20/h10-12,15-16,18-19H,2-9H2,1H3. The van der Waals surface area contributed by atoms with Gasteiger partial charge in [-0.25, -0.2) is 0 Å². The molecule has 20 heavy (non-hydrogen) atoms. The molecule has 0 aliphatic carbocycles. The van der Waals surface area contributed by atoms with Gasteiger partial charge in [-0.3, -0.25) is 9.88 Å². The predicted molar refractivity (Wildman–Crippen MR) is 84.3 cm³/mol. The smallest absolute Gasteiger partial charge is 0.0550 e. The van der Waals surface area contributed by atoms with E-state index in [0.717, 1.165) is 30.4 Å². The van der Waals surface area contributed by atoms with Crippen molar-refractivity contribution < 1.29 is 0 Å². The summed E-state index contributed by atoms with van der Waals surface area (Å²) in [7, 11) is 0. The van der Waals surface area contributed by atoms with Crippen molar-refractivity contribution in [1.82, 2.24) is 9.88 Å². The SMILES string of the molecule is CCCNc1cncc(NC2CCN3CCCCC23)c1. The maximum atomic E-state index is 4.35. The van der Waals surface area contributed by atoms with Crippen LogP contribution in [-0.4, -0.2) is 41.6 Å². The lowest BCUT2D eigenvalue weighted by atomic mass is 9.99. The largest absolute Gasteiger partial charge is 0.384 e. The third-order valence-electron chi connectivity index (χ3n) is 4.53. The second-order valence-electron chi connectivity index (χ2n) is 6.03. The lowest BCUT2D eigenvalue weighted by Crippen LogP contribution is -2.41. The summed E-state index contributed by atoms with van der Waals surface area (Å²) in [5.41, 5.74) is 2.28. The predicted octanol–water partition coefficient (Wildman–Crippen LogP) is 2.94. The number of pyridine rings is 1. The van der Waals surface area contributed by atoms with Gasteiger partial charge in [-0.2, -0.15) is 0 Å². The Kier molecular flexibility index (Phi) is 4.41. The number of rotatable bonds is 5. The minimum atomic E-state index is 0.596. The molecule has 4 nitrogen and oxygen atoms in total. The molecule has 1 aromatic rings. The average Bonchev–Trinajstić information content (AvgIpc) is 2.89. The van der Waals surface area contributed by atoms with Gasteiger partial charge < -0.3 is 10.6 Å². The zero-order valence-electron chi connectivity index (χ0n) is 12.4. The van der Waals surface area contributed by atoms with Gasteiger partial charge >= 0.3 is 0 Å². The van der Waals surface area contributed by atoms with Crippen molar-refractivity contribution in [3.8, 4) is 0 Å². The van der Waals surface area contributed by atoms with E-state index in [4.69, 9.17) is 0 Å². The summed E-state index contributed by atoms with van der Waals surface area (Å²) in [4.78, 5) is 7.01. The van der Waals surface area contributed by atoms with Crippen LogP contribution in [0.5, 0.6) is 0 Å². The van der Waals surface area contributed by atoms with E-state index in [1.165, 1.54) is 38.8 Å². The molecule has 0 bridgehead atoms. The molecule has 2 saturated heterocycles. The maximum absolute atomic E-state index is 4.35. The highest BCUT2D eigenvalue weighted by Gasteiger charge is 2.35. The highest BCUT2D eigenvalue weighted by Crippen LogP contribution is 2.29. The van der Waals surface area contributed by atoms with Gasteiger partial charge in [0, 0.05) is 25.2 Å². The highest BCUT2D eigenvalue weighted by atomic mass is 15.2. The molecule has 1 aromatic heterocycles. The van der Waals surface area contributed by atoms with Crippen LogP contribution in [0.2, 0.25) is 0 Å². The van der Waals surface area contributed by atoms with Crippen LogP contribution in [0.4, 0.5) is 11.4 Å². The fourth-order valence-electron chi connectivity index (χ4n) is 3.51. The Morgan fingerprint density at radius 2 is 2.10 bits per heavy atom. The van der Waals surface area contributed by atoms with Gasteiger partial charge in [0.15, 0.2) is 0 Å². The lowest BCUT2D eigenvalue weighted by molar-refractivity contribution is 0.193. The van der Waals surface area contributed by atoms with Crippen LogP contribution >= 0.6 is 0 Å². The second-order valence-corrected chi connectivity index (χ2v) is 6.03. The van der Waals surface area contributed by atoms with Crippen molar-refractivity contribution in [2.75, 3.05) is 30.3 Å². The molecule has 2 fully saturated rings. The van der Waals surface area contributed by atoms with Crippen LogP contribution in [0.15, 0.2) is 18.5 Å².